The summed E-state index contributed by atoms with van der Waals surface area (Å²) in [6.45, 7) is 3.63. The monoisotopic (exact) mass is 244 g/mol. The van der Waals surface area contributed by atoms with Gasteiger partial charge in [0.05, 0.1) is 0 Å². The van der Waals surface area contributed by atoms with E-state index in [2.05, 4.69) is 40.5 Å². The van der Waals surface area contributed by atoms with Crippen molar-refractivity contribution < 1.29 is 0 Å². The van der Waals surface area contributed by atoms with Gasteiger partial charge in [-0.05, 0) is 44.3 Å². The van der Waals surface area contributed by atoms with Gasteiger partial charge in [0.15, 0.2) is 0 Å². The van der Waals surface area contributed by atoms with Crippen molar-refractivity contribution in [1.29, 1.82) is 0 Å². The fourth-order valence-corrected chi connectivity index (χ4v) is 3.53. The zero-order valence-corrected chi connectivity index (χ0v) is 11.1. The minimum absolute atomic E-state index is 0.741. The molecule has 0 aliphatic carbocycles. The summed E-state index contributed by atoms with van der Waals surface area (Å²) in [7, 11) is 0. The van der Waals surface area contributed by atoms with Crippen molar-refractivity contribution in [2.24, 2.45) is 0 Å². The normalized spacial score (nSPS) is 29.6. The lowest BCUT2D eigenvalue weighted by Gasteiger charge is -2.41. The Morgan fingerprint density at radius 1 is 1.06 bits per heavy atom. The van der Waals surface area contributed by atoms with Crippen LogP contribution in [0.2, 0.25) is 0 Å². The minimum Gasteiger partial charge on any atom is -0.312 e. The number of hydrogen-bond donors (Lipinski definition) is 1. The molecule has 1 aromatic rings. The van der Waals surface area contributed by atoms with E-state index >= 15 is 0 Å². The van der Waals surface area contributed by atoms with Crippen LogP contribution in [0, 0.1) is 0 Å². The number of hydrogen-bond acceptors (Lipinski definition) is 2. The first kappa shape index (κ1) is 12.2. The lowest BCUT2D eigenvalue weighted by atomic mass is 9.93. The third-order valence-electron chi connectivity index (χ3n) is 4.46. The van der Waals surface area contributed by atoms with Gasteiger partial charge in [-0.15, -0.1) is 0 Å². The summed E-state index contributed by atoms with van der Waals surface area (Å²) in [5, 5.41) is 3.76. The van der Waals surface area contributed by atoms with Gasteiger partial charge in [0.2, 0.25) is 0 Å². The lowest BCUT2D eigenvalue weighted by molar-refractivity contribution is 0.104. The SMILES string of the molecule is c1ccc(CN2CCCC3NCCCCC32)cc1. The molecule has 2 aliphatic rings. The van der Waals surface area contributed by atoms with Crippen LogP contribution in [0.25, 0.3) is 0 Å². The molecular weight excluding hydrogens is 220 g/mol. The number of fused-ring (bicyclic) bond motifs is 1. The first-order chi connectivity index (χ1) is 8.93. The van der Waals surface area contributed by atoms with Crippen LogP contribution in [0.1, 0.15) is 37.7 Å². The highest BCUT2D eigenvalue weighted by Crippen LogP contribution is 2.25. The lowest BCUT2D eigenvalue weighted by Crippen LogP contribution is -2.52. The predicted octanol–water partition coefficient (Wildman–Crippen LogP) is 2.79. The van der Waals surface area contributed by atoms with Gasteiger partial charge in [-0.25, -0.2) is 0 Å². The third kappa shape index (κ3) is 2.76. The van der Waals surface area contributed by atoms with E-state index in [1.807, 2.05) is 0 Å². The second-order valence-electron chi connectivity index (χ2n) is 5.72. The predicted molar refractivity (Wildman–Crippen MR) is 75.5 cm³/mol. The van der Waals surface area contributed by atoms with E-state index in [1.165, 1.54) is 50.8 Å². The molecular formula is C16H24N2. The number of rotatable bonds is 2. The van der Waals surface area contributed by atoms with Crippen LogP contribution in [0.5, 0.6) is 0 Å². The summed E-state index contributed by atoms with van der Waals surface area (Å²) >= 11 is 0. The molecule has 0 saturated carbocycles. The number of nitrogens with zero attached hydrogens (tertiary/aromatic N) is 1. The molecule has 0 radical (unpaired) electrons. The molecule has 2 aliphatic heterocycles. The van der Waals surface area contributed by atoms with E-state index < -0.39 is 0 Å². The van der Waals surface area contributed by atoms with Gasteiger partial charge in [-0.1, -0.05) is 36.8 Å². The topological polar surface area (TPSA) is 15.3 Å². The largest absolute Gasteiger partial charge is 0.312 e. The molecule has 2 heterocycles. The van der Waals surface area contributed by atoms with E-state index in [1.54, 1.807) is 0 Å². The molecule has 2 heteroatoms. The Bertz CT molecular complexity index is 363. The number of likely N-dealkylation sites (tertiary alicyclic amines) is 1. The van der Waals surface area contributed by atoms with Crippen molar-refractivity contribution in [2.75, 3.05) is 13.1 Å². The Labute approximate surface area is 110 Å². The van der Waals surface area contributed by atoms with Crippen LogP contribution in [0.15, 0.2) is 30.3 Å². The molecule has 0 aromatic heterocycles. The first-order valence-electron chi connectivity index (χ1n) is 7.45. The minimum atomic E-state index is 0.741. The summed E-state index contributed by atoms with van der Waals surface area (Å²) in [5.41, 5.74) is 1.46. The molecule has 3 rings (SSSR count). The second-order valence-corrected chi connectivity index (χ2v) is 5.72. The first-order valence-corrected chi connectivity index (χ1v) is 7.45. The highest BCUT2D eigenvalue weighted by Gasteiger charge is 2.31. The van der Waals surface area contributed by atoms with E-state index in [4.69, 9.17) is 0 Å². The highest BCUT2D eigenvalue weighted by atomic mass is 15.2. The number of benzene rings is 1. The van der Waals surface area contributed by atoms with Crippen molar-refractivity contribution in [2.45, 2.75) is 50.7 Å². The van der Waals surface area contributed by atoms with E-state index in [9.17, 15) is 0 Å². The molecule has 98 valence electrons. The maximum atomic E-state index is 3.76. The van der Waals surface area contributed by atoms with E-state index in [0.717, 1.165) is 18.6 Å². The van der Waals surface area contributed by atoms with Gasteiger partial charge >= 0.3 is 0 Å². The van der Waals surface area contributed by atoms with Gasteiger partial charge in [0, 0.05) is 18.6 Å². The molecule has 2 unspecified atom stereocenters. The zero-order valence-electron chi connectivity index (χ0n) is 11.1. The molecule has 0 spiro atoms. The third-order valence-corrected chi connectivity index (χ3v) is 4.46. The number of piperidine rings is 1. The number of nitrogens with one attached hydrogen (secondary N) is 1. The van der Waals surface area contributed by atoms with Crippen LogP contribution >= 0.6 is 0 Å². The molecule has 1 N–H and O–H groups in total. The average molecular weight is 244 g/mol. The maximum absolute atomic E-state index is 3.76. The van der Waals surface area contributed by atoms with Crippen LogP contribution in [0.3, 0.4) is 0 Å². The highest BCUT2D eigenvalue weighted by molar-refractivity contribution is 5.15. The van der Waals surface area contributed by atoms with Crippen LogP contribution in [-0.4, -0.2) is 30.1 Å². The van der Waals surface area contributed by atoms with Crippen molar-refractivity contribution in [3.05, 3.63) is 35.9 Å². The Kier molecular flexibility index (Phi) is 3.96. The molecule has 2 nitrogen and oxygen atoms in total. The van der Waals surface area contributed by atoms with Crippen molar-refractivity contribution in [1.82, 2.24) is 10.2 Å². The van der Waals surface area contributed by atoms with E-state index in [0.29, 0.717) is 0 Å². The molecule has 2 atom stereocenters. The molecule has 0 bridgehead atoms. The van der Waals surface area contributed by atoms with Gasteiger partial charge < -0.3 is 5.32 Å². The molecule has 0 amide bonds. The standard InChI is InChI=1S/C16H24N2/c1-2-7-14(8-3-1)13-18-12-6-9-15-16(18)10-4-5-11-17-15/h1-3,7-8,15-17H,4-6,9-13H2. The fourth-order valence-electron chi connectivity index (χ4n) is 3.53. The summed E-state index contributed by atoms with van der Waals surface area (Å²) in [6, 6.07) is 12.4. The summed E-state index contributed by atoms with van der Waals surface area (Å²) in [6.07, 6.45) is 6.84. The quantitative estimate of drug-likeness (QED) is 0.860. The summed E-state index contributed by atoms with van der Waals surface area (Å²) < 4.78 is 0. The van der Waals surface area contributed by atoms with Crippen molar-refractivity contribution >= 4 is 0 Å². The summed E-state index contributed by atoms with van der Waals surface area (Å²) in [5.74, 6) is 0. The molecule has 18 heavy (non-hydrogen) atoms. The molecule has 2 fully saturated rings. The fraction of sp³-hybridized carbons (Fsp3) is 0.625. The second kappa shape index (κ2) is 5.85. The van der Waals surface area contributed by atoms with Gasteiger partial charge in [0.1, 0.15) is 0 Å². The Morgan fingerprint density at radius 2 is 1.94 bits per heavy atom. The van der Waals surface area contributed by atoms with Gasteiger partial charge in [-0.3, -0.25) is 4.90 Å². The van der Waals surface area contributed by atoms with Crippen LogP contribution in [-0.2, 0) is 6.54 Å². The van der Waals surface area contributed by atoms with Gasteiger partial charge in [-0.2, -0.15) is 0 Å². The van der Waals surface area contributed by atoms with Crippen molar-refractivity contribution in [3.8, 4) is 0 Å². The maximum Gasteiger partial charge on any atom is 0.0252 e. The average Bonchev–Trinajstić information content (AvgIpc) is 2.66. The van der Waals surface area contributed by atoms with Crippen molar-refractivity contribution in [3.63, 3.8) is 0 Å². The van der Waals surface area contributed by atoms with Gasteiger partial charge in [0.25, 0.3) is 0 Å². The Balaban J connectivity index is 1.70. The Morgan fingerprint density at radius 3 is 2.83 bits per heavy atom. The molecule has 1 aromatic carbocycles. The summed E-state index contributed by atoms with van der Waals surface area (Å²) in [4.78, 5) is 2.71. The zero-order chi connectivity index (χ0) is 12.2. The Hall–Kier alpha value is -0.860. The molecule has 2 saturated heterocycles. The van der Waals surface area contributed by atoms with Crippen LogP contribution < -0.4 is 5.32 Å². The van der Waals surface area contributed by atoms with E-state index in [-0.39, 0.29) is 0 Å². The van der Waals surface area contributed by atoms with Crippen LogP contribution in [0.4, 0.5) is 0 Å². The smallest absolute Gasteiger partial charge is 0.0252 e.